The predicted octanol–water partition coefficient (Wildman–Crippen LogP) is -1.26. The minimum absolute atomic E-state index is 0.195. The number of ether oxygens (including phenoxy) is 1. The molecule has 0 radical (unpaired) electrons. The molecule has 0 aromatic rings. The van der Waals surface area contributed by atoms with Gasteiger partial charge in [-0.3, -0.25) is 4.90 Å². The summed E-state index contributed by atoms with van der Waals surface area (Å²) in [6.07, 6.45) is -6.39. The van der Waals surface area contributed by atoms with Crippen molar-refractivity contribution in [3.63, 3.8) is 0 Å². The molecule has 1 fully saturated rings. The summed E-state index contributed by atoms with van der Waals surface area (Å²) in [6, 6.07) is 0.195. The van der Waals surface area contributed by atoms with Gasteiger partial charge in [0.2, 0.25) is 0 Å². The lowest BCUT2D eigenvalue weighted by molar-refractivity contribution is -0.284. The van der Waals surface area contributed by atoms with Crippen molar-refractivity contribution in [1.82, 2.24) is 4.90 Å². The fourth-order valence-corrected chi connectivity index (χ4v) is 2.20. The molecule has 5 atom stereocenters. The number of halogens is 1. The second kappa shape index (κ2) is 7.00. The topological polar surface area (TPSA) is 93.4 Å². The molecule has 6 nitrogen and oxygen atoms in total. The number of rotatable bonds is 5. The van der Waals surface area contributed by atoms with Crippen LogP contribution in [0, 0.1) is 0 Å². The minimum Gasteiger partial charge on any atom is -0.388 e. The number of aliphatic hydroxyl groups excluding tert-OH is 4. The van der Waals surface area contributed by atoms with Gasteiger partial charge in [0.25, 0.3) is 0 Å². The van der Waals surface area contributed by atoms with E-state index >= 15 is 0 Å². The molecule has 0 bridgehead atoms. The predicted molar refractivity (Wildman–Crippen MR) is 66.3 cm³/mol. The maximum Gasteiger partial charge on any atom is 0.184 e. The summed E-state index contributed by atoms with van der Waals surface area (Å²) in [7, 11) is 0. The van der Waals surface area contributed by atoms with Gasteiger partial charge in [0.15, 0.2) is 6.29 Å². The molecular formula is C11H22ClNO5. The van der Waals surface area contributed by atoms with E-state index in [-0.39, 0.29) is 6.04 Å². The molecule has 1 aliphatic rings. The van der Waals surface area contributed by atoms with Crippen molar-refractivity contribution in [2.75, 3.05) is 19.0 Å². The van der Waals surface area contributed by atoms with Crippen molar-refractivity contribution in [1.29, 1.82) is 0 Å². The summed E-state index contributed by atoms with van der Waals surface area (Å²) in [5, 5.41) is 38.2. The average molecular weight is 284 g/mol. The van der Waals surface area contributed by atoms with E-state index in [1.165, 1.54) is 0 Å². The van der Waals surface area contributed by atoms with Crippen LogP contribution in [0.15, 0.2) is 0 Å². The number of aliphatic hydroxyl groups is 4. The Kier molecular flexibility index (Phi) is 6.26. The van der Waals surface area contributed by atoms with Gasteiger partial charge >= 0.3 is 0 Å². The van der Waals surface area contributed by atoms with E-state index in [1.807, 2.05) is 18.7 Å². The number of hydrogen-bond donors (Lipinski definition) is 4. The van der Waals surface area contributed by atoms with Crippen LogP contribution in [-0.2, 0) is 4.74 Å². The molecule has 0 aromatic heterocycles. The van der Waals surface area contributed by atoms with Crippen LogP contribution >= 0.6 is 11.6 Å². The van der Waals surface area contributed by atoms with Crippen molar-refractivity contribution in [2.24, 2.45) is 0 Å². The van der Waals surface area contributed by atoms with E-state index in [9.17, 15) is 20.4 Å². The van der Waals surface area contributed by atoms with Crippen LogP contribution in [0.3, 0.4) is 0 Å². The largest absolute Gasteiger partial charge is 0.388 e. The highest BCUT2D eigenvalue weighted by Crippen LogP contribution is 2.21. The number of alkyl halides is 1. The van der Waals surface area contributed by atoms with Crippen LogP contribution in [0.5, 0.6) is 0 Å². The Bertz CT molecular complexity index is 256. The third kappa shape index (κ3) is 3.77. The van der Waals surface area contributed by atoms with Crippen LogP contribution < -0.4 is 0 Å². The fourth-order valence-electron chi connectivity index (χ4n) is 1.98. The van der Waals surface area contributed by atoms with Gasteiger partial charge in [-0.2, -0.15) is 0 Å². The van der Waals surface area contributed by atoms with Gasteiger partial charge in [0, 0.05) is 25.0 Å². The Hall–Kier alpha value is 0.0500. The first-order valence-electron chi connectivity index (χ1n) is 6.06. The Labute approximate surface area is 112 Å². The average Bonchev–Trinajstić information content (AvgIpc) is 2.32. The Morgan fingerprint density at radius 2 is 1.72 bits per heavy atom. The van der Waals surface area contributed by atoms with Crippen molar-refractivity contribution in [3.8, 4) is 0 Å². The molecule has 0 aromatic carbocycles. The minimum atomic E-state index is -1.49. The fraction of sp³-hybridized carbons (Fsp3) is 1.00. The summed E-state index contributed by atoms with van der Waals surface area (Å²) in [5.41, 5.74) is 0. The second-order valence-corrected chi connectivity index (χ2v) is 5.19. The van der Waals surface area contributed by atoms with Crippen LogP contribution in [0.2, 0.25) is 0 Å². The summed E-state index contributed by atoms with van der Waals surface area (Å²) >= 11 is 5.69. The summed E-state index contributed by atoms with van der Waals surface area (Å²) in [6.45, 7) is 4.89. The lowest BCUT2D eigenvalue weighted by Gasteiger charge is -2.41. The first kappa shape index (κ1) is 16.1. The molecule has 18 heavy (non-hydrogen) atoms. The molecule has 5 unspecified atom stereocenters. The lowest BCUT2D eigenvalue weighted by Crippen LogP contribution is -2.60. The van der Waals surface area contributed by atoms with E-state index in [0.29, 0.717) is 19.0 Å². The van der Waals surface area contributed by atoms with E-state index in [4.69, 9.17) is 16.3 Å². The van der Waals surface area contributed by atoms with Gasteiger partial charge in [-0.25, -0.2) is 0 Å². The summed E-state index contributed by atoms with van der Waals surface area (Å²) < 4.78 is 5.12. The van der Waals surface area contributed by atoms with Gasteiger partial charge in [-0.05, 0) is 13.8 Å². The molecule has 1 aliphatic heterocycles. The van der Waals surface area contributed by atoms with E-state index in [0.717, 1.165) is 0 Å². The molecule has 0 aliphatic carbocycles. The highest BCUT2D eigenvalue weighted by Gasteiger charge is 2.43. The van der Waals surface area contributed by atoms with Crippen LogP contribution in [0.1, 0.15) is 13.8 Å². The molecule has 0 spiro atoms. The first-order valence-corrected chi connectivity index (χ1v) is 6.59. The smallest absolute Gasteiger partial charge is 0.184 e. The van der Waals surface area contributed by atoms with Crippen molar-refractivity contribution >= 4 is 11.6 Å². The standard InChI is InChI=1S/C11H22ClNO5/c1-6(2)13(4-3-12)5-7-8(14)9(15)10(16)11(17)18-7/h6-11,14-17H,3-5H2,1-2H3. The summed E-state index contributed by atoms with van der Waals surface area (Å²) in [4.78, 5) is 1.97. The van der Waals surface area contributed by atoms with Gasteiger partial charge < -0.3 is 25.2 Å². The zero-order valence-electron chi connectivity index (χ0n) is 10.6. The SMILES string of the molecule is CC(C)N(CCCl)CC1OC(O)C(O)C(O)C1O. The number of nitrogens with zero attached hydrogens (tertiary/aromatic N) is 1. The molecule has 1 saturated heterocycles. The van der Waals surface area contributed by atoms with Gasteiger partial charge in [-0.1, -0.05) is 0 Å². The molecule has 0 amide bonds. The van der Waals surface area contributed by atoms with E-state index < -0.39 is 30.7 Å². The Balaban J connectivity index is 2.64. The maximum atomic E-state index is 9.82. The normalized spacial score (nSPS) is 37.5. The molecule has 1 rings (SSSR count). The molecular weight excluding hydrogens is 262 g/mol. The van der Waals surface area contributed by atoms with Gasteiger partial charge in [0.1, 0.15) is 24.4 Å². The molecule has 1 heterocycles. The van der Waals surface area contributed by atoms with Crippen LogP contribution in [0.4, 0.5) is 0 Å². The lowest BCUT2D eigenvalue weighted by atomic mass is 9.98. The van der Waals surface area contributed by atoms with Gasteiger partial charge in [-0.15, -0.1) is 11.6 Å². The summed E-state index contributed by atoms with van der Waals surface area (Å²) in [5.74, 6) is 0.439. The Morgan fingerprint density at radius 3 is 2.22 bits per heavy atom. The van der Waals surface area contributed by atoms with Crippen molar-refractivity contribution < 1.29 is 25.2 Å². The highest BCUT2D eigenvalue weighted by molar-refractivity contribution is 6.18. The van der Waals surface area contributed by atoms with E-state index in [1.54, 1.807) is 0 Å². The zero-order valence-corrected chi connectivity index (χ0v) is 11.4. The molecule has 108 valence electrons. The van der Waals surface area contributed by atoms with Crippen LogP contribution in [-0.4, -0.2) is 81.0 Å². The first-order chi connectivity index (χ1) is 8.38. The van der Waals surface area contributed by atoms with Gasteiger partial charge in [0.05, 0.1) is 0 Å². The van der Waals surface area contributed by atoms with E-state index in [2.05, 4.69) is 0 Å². The molecule has 4 N–H and O–H groups in total. The van der Waals surface area contributed by atoms with Crippen LogP contribution in [0.25, 0.3) is 0 Å². The number of hydrogen-bond acceptors (Lipinski definition) is 6. The molecule has 0 saturated carbocycles. The second-order valence-electron chi connectivity index (χ2n) is 4.81. The maximum absolute atomic E-state index is 9.82. The quantitative estimate of drug-likeness (QED) is 0.471. The monoisotopic (exact) mass is 283 g/mol. The third-order valence-electron chi connectivity index (χ3n) is 3.20. The highest BCUT2D eigenvalue weighted by atomic mass is 35.5. The van der Waals surface area contributed by atoms with Crippen molar-refractivity contribution in [3.05, 3.63) is 0 Å². The molecule has 7 heteroatoms. The third-order valence-corrected chi connectivity index (χ3v) is 3.37. The Morgan fingerprint density at radius 1 is 1.11 bits per heavy atom. The van der Waals surface area contributed by atoms with Crippen molar-refractivity contribution in [2.45, 2.75) is 50.6 Å². The zero-order chi connectivity index (χ0) is 13.9.